The molecule has 32 heavy (non-hydrogen) atoms. The van der Waals surface area contributed by atoms with Crippen LogP contribution in [0.5, 0.6) is 0 Å². The van der Waals surface area contributed by atoms with Crippen molar-refractivity contribution in [3.05, 3.63) is 47.8 Å². The summed E-state index contributed by atoms with van der Waals surface area (Å²) in [5.74, 6) is 0.506. The van der Waals surface area contributed by atoms with Gasteiger partial charge in [0.15, 0.2) is 5.96 Å². The highest BCUT2D eigenvalue weighted by molar-refractivity contribution is 14.0. The number of carbonyl (C=O) groups excluding carboxylic acids is 1. The zero-order valence-electron chi connectivity index (χ0n) is 18.3. The molecule has 2 heterocycles. The van der Waals surface area contributed by atoms with Crippen molar-refractivity contribution in [3.8, 4) is 0 Å². The second-order valence-corrected chi connectivity index (χ2v) is 7.63. The molecule has 0 aliphatic carbocycles. The third-order valence-corrected chi connectivity index (χ3v) is 5.38. The maximum absolute atomic E-state index is 12.9. The lowest BCUT2D eigenvalue weighted by Crippen LogP contribution is -2.55. The van der Waals surface area contributed by atoms with E-state index >= 15 is 0 Å². The molecule has 1 saturated heterocycles. The highest BCUT2D eigenvalue weighted by atomic mass is 127. The molecule has 3 rings (SSSR count). The molecule has 0 bridgehead atoms. The Morgan fingerprint density at radius 2 is 2.06 bits per heavy atom. The predicted octanol–water partition coefficient (Wildman–Crippen LogP) is 3.47. The monoisotopic (exact) mass is 564 g/mol. The number of benzene rings is 1. The highest BCUT2D eigenvalue weighted by Crippen LogP contribution is 2.31. The summed E-state index contributed by atoms with van der Waals surface area (Å²) in [6.45, 7) is 3.75. The second-order valence-electron chi connectivity index (χ2n) is 7.63. The number of nitrogens with zero attached hydrogens (tertiary/aromatic N) is 5. The van der Waals surface area contributed by atoms with E-state index < -0.39 is 11.7 Å². The SMILES string of the molecule is CN=C(NCCC(C)c1cccc(C(F)(F)F)c1)N1CCN(c2cnn(C)c2)C(=O)C1.I. The van der Waals surface area contributed by atoms with Crippen LogP contribution in [0, 0.1) is 0 Å². The molecule has 1 amide bonds. The van der Waals surface area contributed by atoms with Crippen LogP contribution in [0.3, 0.4) is 0 Å². The molecule has 1 fully saturated rings. The molecule has 1 aliphatic heterocycles. The van der Waals surface area contributed by atoms with Crippen LogP contribution in [0.1, 0.15) is 30.4 Å². The number of hydrogen-bond acceptors (Lipinski definition) is 3. The fourth-order valence-electron chi connectivity index (χ4n) is 3.60. The molecule has 1 aromatic heterocycles. The number of carbonyl (C=O) groups is 1. The Bertz CT molecular complexity index is 946. The van der Waals surface area contributed by atoms with Crippen LogP contribution in [0.2, 0.25) is 0 Å². The van der Waals surface area contributed by atoms with E-state index in [2.05, 4.69) is 15.4 Å². The number of amides is 1. The van der Waals surface area contributed by atoms with E-state index in [0.29, 0.717) is 37.6 Å². The highest BCUT2D eigenvalue weighted by Gasteiger charge is 2.31. The van der Waals surface area contributed by atoms with Crippen molar-refractivity contribution in [2.24, 2.45) is 12.0 Å². The first-order chi connectivity index (χ1) is 14.7. The Balaban J connectivity index is 0.00000363. The van der Waals surface area contributed by atoms with Gasteiger partial charge < -0.3 is 15.1 Å². The first-order valence-corrected chi connectivity index (χ1v) is 10.1. The predicted molar refractivity (Wildman–Crippen MR) is 128 cm³/mol. The van der Waals surface area contributed by atoms with Gasteiger partial charge in [-0.15, -0.1) is 24.0 Å². The summed E-state index contributed by atoms with van der Waals surface area (Å²) in [4.78, 5) is 20.4. The van der Waals surface area contributed by atoms with E-state index in [1.807, 2.05) is 11.8 Å². The first kappa shape index (κ1) is 25.9. The van der Waals surface area contributed by atoms with Crippen LogP contribution >= 0.6 is 24.0 Å². The van der Waals surface area contributed by atoms with Crippen LogP contribution in [-0.2, 0) is 18.0 Å². The molecular weight excluding hydrogens is 536 g/mol. The smallest absolute Gasteiger partial charge is 0.356 e. The third-order valence-electron chi connectivity index (χ3n) is 5.38. The minimum atomic E-state index is -4.35. The Labute approximate surface area is 202 Å². The van der Waals surface area contributed by atoms with Crippen molar-refractivity contribution in [1.82, 2.24) is 20.0 Å². The van der Waals surface area contributed by atoms with Gasteiger partial charge in [0.1, 0.15) is 6.54 Å². The molecule has 1 aromatic carbocycles. The quantitative estimate of drug-likeness (QED) is 0.344. The van der Waals surface area contributed by atoms with Crippen molar-refractivity contribution in [3.63, 3.8) is 0 Å². The summed E-state index contributed by atoms with van der Waals surface area (Å²) < 4.78 is 40.5. The maximum Gasteiger partial charge on any atom is 0.416 e. The number of aryl methyl sites for hydroxylation is 1. The maximum atomic E-state index is 12.9. The molecule has 2 aromatic rings. The van der Waals surface area contributed by atoms with E-state index in [9.17, 15) is 18.0 Å². The van der Waals surface area contributed by atoms with Gasteiger partial charge in [-0.25, -0.2) is 0 Å². The Morgan fingerprint density at radius 3 is 2.66 bits per heavy atom. The molecule has 0 spiro atoms. The molecule has 7 nitrogen and oxygen atoms in total. The lowest BCUT2D eigenvalue weighted by atomic mass is 9.96. The molecule has 1 N–H and O–H groups in total. The summed E-state index contributed by atoms with van der Waals surface area (Å²) >= 11 is 0. The largest absolute Gasteiger partial charge is 0.416 e. The number of halogens is 4. The first-order valence-electron chi connectivity index (χ1n) is 10.1. The van der Waals surface area contributed by atoms with E-state index in [0.717, 1.165) is 11.8 Å². The van der Waals surface area contributed by atoms with Crippen molar-refractivity contribution in [2.45, 2.75) is 25.4 Å². The Hall–Kier alpha value is -2.31. The number of aromatic nitrogens is 2. The molecule has 1 aliphatic rings. The summed E-state index contributed by atoms with van der Waals surface area (Å²) in [7, 11) is 3.45. The van der Waals surface area contributed by atoms with Crippen LogP contribution in [0.25, 0.3) is 0 Å². The van der Waals surface area contributed by atoms with Crippen LogP contribution in [0.4, 0.5) is 18.9 Å². The zero-order valence-corrected chi connectivity index (χ0v) is 20.6. The van der Waals surface area contributed by atoms with Gasteiger partial charge in [-0.3, -0.25) is 14.5 Å². The van der Waals surface area contributed by atoms with Gasteiger partial charge in [0.25, 0.3) is 0 Å². The van der Waals surface area contributed by atoms with E-state index in [-0.39, 0.29) is 42.3 Å². The summed E-state index contributed by atoms with van der Waals surface area (Å²) in [6.07, 6.45) is -0.254. The van der Waals surface area contributed by atoms with Crippen LogP contribution in [0.15, 0.2) is 41.7 Å². The molecule has 1 unspecified atom stereocenters. The van der Waals surface area contributed by atoms with Crippen LogP contribution < -0.4 is 10.2 Å². The summed E-state index contributed by atoms with van der Waals surface area (Å²) in [5, 5.41) is 7.34. The van der Waals surface area contributed by atoms with E-state index in [1.54, 1.807) is 42.1 Å². The average Bonchev–Trinajstić information content (AvgIpc) is 3.16. The normalized spacial score (nSPS) is 16.1. The van der Waals surface area contributed by atoms with E-state index in [4.69, 9.17) is 0 Å². The number of aliphatic imine (C=N–C) groups is 1. The van der Waals surface area contributed by atoms with Gasteiger partial charge in [-0.1, -0.05) is 25.1 Å². The summed E-state index contributed by atoms with van der Waals surface area (Å²) in [5.41, 5.74) is 0.780. The summed E-state index contributed by atoms with van der Waals surface area (Å²) in [6, 6.07) is 5.44. The number of alkyl halides is 3. The number of rotatable bonds is 5. The lowest BCUT2D eigenvalue weighted by Gasteiger charge is -2.35. The minimum Gasteiger partial charge on any atom is -0.356 e. The fraction of sp³-hybridized carbons (Fsp3) is 0.476. The topological polar surface area (TPSA) is 65.8 Å². The second kappa shape index (κ2) is 11.0. The lowest BCUT2D eigenvalue weighted by molar-refractivity contribution is -0.137. The Kier molecular flexibility index (Phi) is 8.93. The Morgan fingerprint density at radius 1 is 1.31 bits per heavy atom. The standard InChI is InChI=1S/C21H27F3N6O.HI/c1-15(16-5-4-6-17(11-16)21(22,23)24)7-8-26-20(25-2)29-9-10-30(19(31)14-29)18-12-27-28(3)13-18;/h4-6,11-13,15H,7-10,14H2,1-3H3,(H,25,26);1H. The van der Waals surface area contributed by atoms with Crippen molar-refractivity contribution in [2.75, 3.05) is 38.1 Å². The van der Waals surface area contributed by atoms with Gasteiger partial charge in [-0.2, -0.15) is 18.3 Å². The van der Waals surface area contributed by atoms with Crippen molar-refractivity contribution in [1.29, 1.82) is 0 Å². The molecule has 11 heteroatoms. The van der Waals surface area contributed by atoms with Gasteiger partial charge >= 0.3 is 6.18 Å². The van der Waals surface area contributed by atoms with Gasteiger partial charge in [0, 0.05) is 39.9 Å². The van der Waals surface area contributed by atoms with Crippen molar-refractivity contribution >= 4 is 41.5 Å². The molecule has 0 saturated carbocycles. The zero-order chi connectivity index (χ0) is 22.6. The number of guanidine groups is 1. The fourth-order valence-corrected chi connectivity index (χ4v) is 3.60. The van der Waals surface area contributed by atoms with Crippen molar-refractivity contribution < 1.29 is 18.0 Å². The molecule has 1 atom stereocenters. The molecule has 0 radical (unpaired) electrons. The van der Waals surface area contributed by atoms with Gasteiger partial charge in [-0.05, 0) is 24.0 Å². The molecule has 176 valence electrons. The third kappa shape index (κ3) is 6.36. The number of hydrogen-bond donors (Lipinski definition) is 1. The number of piperazine rings is 1. The number of nitrogens with one attached hydrogen (secondary N) is 1. The minimum absolute atomic E-state index is 0. The molecular formula is C21H28F3IN6O. The van der Waals surface area contributed by atoms with Gasteiger partial charge in [0.05, 0.1) is 17.4 Å². The average molecular weight is 564 g/mol. The number of anilines is 1. The van der Waals surface area contributed by atoms with Crippen LogP contribution in [-0.4, -0.2) is 59.8 Å². The van der Waals surface area contributed by atoms with Gasteiger partial charge in [0.2, 0.25) is 5.91 Å². The van der Waals surface area contributed by atoms with E-state index in [1.165, 1.54) is 12.1 Å².